The third kappa shape index (κ3) is 6.30. The predicted molar refractivity (Wildman–Crippen MR) is 137 cm³/mol. The molecule has 1 atom stereocenters. The zero-order valence-electron chi connectivity index (χ0n) is 20.7. The molecular formula is C26H22F4N8O. The summed E-state index contributed by atoms with van der Waals surface area (Å²) in [7, 11) is 1.84. The van der Waals surface area contributed by atoms with Crippen LogP contribution in [0.15, 0.2) is 67.1 Å². The van der Waals surface area contributed by atoms with Crippen LogP contribution in [0.25, 0.3) is 16.6 Å². The van der Waals surface area contributed by atoms with Crippen molar-refractivity contribution in [3.05, 3.63) is 78.3 Å². The maximum atomic E-state index is 13.1. The Morgan fingerprint density at radius 3 is 2.64 bits per heavy atom. The minimum atomic E-state index is -4.51. The van der Waals surface area contributed by atoms with Gasteiger partial charge in [-0.25, -0.2) is 18.9 Å². The number of ether oxygens (including phenoxy) is 1. The van der Waals surface area contributed by atoms with Crippen LogP contribution in [0.1, 0.15) is 24.1 Å². The van der Waals surface area contributed by atoms with Crippen molar-refractivity contribution in [2.75, 3.05) is 23.9 Å². The normalized spacial score (nSPS) is 12.6. The second-order valence-electron chi connectivity index (χ2n) is 8.44. The van der Waals surface area contributed by atoms with Crippen molar-refractivity contribution < 1.29 is 22.3 Å². The zero-order chi connectivity index (χ0) is 28.2. The first-order valence-corrected chi connectivity index (χ1v) is 11.5. The van der Waals surface area contributed by atoms with Crippen molar-refractivity contribution in [1.82, 2.24) is 19.6 Å². The van der Waals surface area contributed by atoms with E-state index in [-0.39, 0.29) is 17.4 Å². The first kappa shape index (κ1) is 27.1. The van der Waals surface area contributed by atoms with Gasteiger partial charge >= 0.3 is 6.18 Å². The van der Waals surface area contributed by atoms with Crippen molar-refractivity contribution >= 4 is 23.4 Å². The predicted octanol–water partition coefficient (Wildman–Crippen LogP) is 5.67. The summed E-state index contributed by atoms with van der Waals surface area (Å²) in [5.74, 6) is 0.233. The number of nitrogens with zero attached hydrogens (tertiary/aromatic N) is 6. The molecule has 0 saturated heterocycles. The van der Waals surface area contributed by atoms with Crippen LogP contribution in [0.4, 0.5) is 29.2 Å². The SMILES string of the molecule is CC(c1ccc(N/C=C(/F)C=N)nc1)N(C)c1ccc(-c2cc(OCC(F)(F)F)cn3ncc(C#N)c23)cn1. The van der Waals surface area contributed by atoms with E-state index in [2.05, 4.69) is 20.4 Å². The summed E-state index contributed by atoms with van der Waals surface area (Å²) in [4.78, 5) is 10.7. The highest BCUT2D eigenvalue weighted by Gasteiger charge is 2.29. The summed E-state index contributed by atoms with van der Waals surface area (Å²) >= 11 is 0. The maximum absolute atomic E-state index is 13.1. The molecule has 0 aliphatic carbocycles. The lowest BCUT2D eigenvalue weighted by Gasteiger charge is -2.26. The van der Waals surface area contributed by atoms with Gasteiger partial charge in [-0.2, -0.15) is 23.5 Å². The number of rotatable bonds is 9. The van der Waals surface area contributed by atoms with E-state index >= 15 is 0 Å². The number of hydrogen-bond acceptors (Lipinski definition) is 8. The van der Waals surface area contributed by atoms with Crippen LogP contribution in [0.2, 0.25) is 0 Å². The van der Waals surface area contributed by atoms with E-state index in [1.807, 2.05) is 31.0 Å². The molecule has 4 heterocycles. The minimum absolute atomic E-state index is 0.0567. The number of pyridine rings is 3. The number of halogens is 4. The summed E-state index contributed by atoms with van der Waals surface area (Å²) in [6, 6.07) is 10.3. The molecule has 1 unspecified atom stereocenters. The van der Waals surface area contributed by atoms with Gasteiger partial charge < -0.3 is 20.4 Å². The van der Waals surface area contributed by atoms with Gasteiger partial charge in [-0.1, -0.05) is 6.07 Å². The molecule has 4 aromatic heterocycles. The Balaban J connectivity index is 1.58. The van der Waals surface area contributed by atoms with Crippen LogP contribution < -0.4 is 15.0 Å². The summed E-state index contributed by atoms with van der Waals surface area (Å²) < 4.78 is 57.5. The summed E-state index contributed by atoms with van der Waals surface area (Å²) in [5, 5.41) is 23.1. The van der Waals surface area contributed by atoms with Crippen molar-refractivity contribution in [3.8, 4) is 22.9 Å². The lowest BCUT2D eigenvalue weighted by molar-refractivity contribution is -0.153. The van der Waals surface area contributed by atoms with Gasteiger partial charge in [0.15, 0.2) is 12.4 Å². The summed E-state index contributed by atoms with van der Waals surface area (Å²) in [5.41, 5.74) is 2.53. The number of anilines is 2. The van der Waals surface area contributed by atoms with Crippen LogP contribution >= 0.6 is 0 Å². The van der Waals surface area contributed by atoms with Crippen LogP contribution in [0, 0.1) is 16.7 Å². The molecule has 0 spiro atoms. The van der Waals surface area contributed by atoms with Crippen LogP contribution in [0.5, 0.6) is 5.75 Å². The van der Waals surface area contributed by atoms with Gasteiger partial charge in [0.2, 0.25) is 0 Å². The smallest absolute Gasteiger partial charge is 0.422 e. The van der Waals surface area contributed by atoms with Crippen LogP contribution in [-0.2, 0) is 0 Å². The van der Waals surface area contributed by atoms with Crippen LogP contribution in [0.3, 0.4) is 0 Å². The summed E-state index contributed by atoms with van der Waals surface area (Å²) in [6.07, 6.45) is 2.92. The minimum Gasteiger partial charge on any atom is -0.482 e. The summed E-state index contributed by atoms with van der Waals surface area (Å²) in [6.45, 7) is 0.484. The highest BCUT2D eigenvalue weighted by atomic mass is 19.4. The van der Waals surface area contributed by atoms with Gasteiger partial charge in [0, 0.05) is 36.8 Å². The molecule has 0 aliphatic heterocycles. The van der Waals surface area contributed by atoms with Gasteiger partial charge in [0.05, 0.1) is 35.7 Å². The van der Waals surface area contributed by atoms with Gasteiger partial charge in [0.25, 0.3) is 0 Å². The molecule has 2 N–H and O–H groups in total. The third-order valence-electron chi connectivity index (χ3n) is 5.88. The standard InChI is InChI=1S/C26H22F4N8O/c1-16(17-3-5-23(33-10-17)34-13-20(27)9-32)37(2)24-6-4-18(11-35-24)22-7-21(39-15-26(28,29)30)14-38-25(22)19(8-31)12-36-38/h3-7,9-14,16,32H,15H2,1-2H3,(H,33,34)/b20-13+,32-9?. The molecule has 13 heteroatoms. The van der Waals surface area contributed by atoms with E-state index in [0.29, 0.717) is 34.5 Å². The Bertz CT molecular complexity index is 1540. The fraction of sp³-hybridized carbons (Fsp3) is 0.192. The molecule has 0 aliphatic rings. The average Bonchev–Trinajstić information content (AvgIpc) is 3.36. The van der Waals surface area contributed by atoms with E-state index < -0.39 is 18.6 Å². The molecule has 0 radical (unpaired) electrons. The van der Waals surface area contributed by atoms with E-state index in [9.17, 15) is 22.8 Å². The number of alkyl halides is 3. The first-order chi connectivity index (χ1) is 18.6. The van der Waals surface area contributed by atoms with Crippen molar-refractivity contribution in [2.45, 2.75) is 19.1 Å². The Labute approximate surface area is 220 Å². The molecule has 200 valence electrons. The Morgan fingerprint density at radius 1 is 1.23 bits per heavy atom. The molecule has 4 rings (SSSR count). The lowest BCUT2D eigenvalue weighted by Crippen LogP contribution is -2.22. The van der Waals surface area contributed by atoms with Gasteiger partial charge in [-0.3, -0.25) is 0 Å². The van der Waals surface area contributed by atoms with Gasteiger partial charge in [-0.15, -0.1) is 0 Å². The number of aromatic nitrogens is 4. The Kier molecular flexibility index (Phi) is 7.75. The Morgan fingerprint density at radius 2 is 2.03 bits per heavy atom. The second kappa shape index (κ2) is 11.2. The van der Waals surface area contributed by atoms with Crippen molar-refractivity contribution in [1.29, 1.82) is 10.7 Å². The third-order valence-corrected chi connectivity index (χ3v) is 5.88. The largest absolute Gasteiger partial charge is 0.482 e. The van der Waals surface area contributed by atoms with Gasteiger partial charge in [-0.05, 0) is 36.8 Å². The highest BCUT2D eigenvalue weighted by molar-refractivity contribution is 5.85. The number of hydrogen-bond donors (Lipinski definition) is 2. The molecule has 9 nitrogen and oxygen atoms in total. The monoisotopic (exact) mass is 538 g/mol. The molecule has 39 heavy (non-hydrogen) atoms. The topological polar surface area (TPSA) is 115 Å². The molecule has 0 saturated carbocycles. The molecule has 0 aromatic carbocycles. The molecule has 0 fully saturated rings. The zero-order valence-corrected chi connectivity index (χ0v) is 20.7. The van der Waals surface area contributed by atoms with Crippen molar-refractivity contribution in [2.24, 2.45) is 0 Å². The van der Waals surface area contributed by atoms with E-state index in [1.54, 1.807) is 30.6 Å². The maximum Gasteiger partial charge on any atom is 0.422 e. The van der Waals surface area contributed by atoms with E-state index in [0.717, 1.165) is 11.8 Å². The molecule has 0 amide bonds. The van der Waals surface area contributed by atoms with Crippen LogP contribution in [-0.4, -0.2) is 45.6 Å². The quantitative estimate of drug-likeness (QED) is 0.208. The number of fused-ring (bicyclic) bond motifs is 1. The fourth-order valence-electron chi connectivity index (χ4n) is 3.74. The fourth-order valence-corrected chi connectivity index (χ4v) is 3.74. The lowest BCUT2D eigenvalue weighted by atomic mass is 10.0. The highest BCUT2D eigenvalue weighted by Crippen LogP contribution is 2.33. The molecular weight excluding hydrogens is 516 g/mol. The van der Waals surface area contributed by atoms with Crippen molar-refractivity contribution in [3.63, 3.8) is 0 Å². The molecule has 4 aromatic rings. The average molecular weight is 539 g/mol. The number of nitrogens with one attached hydrogen (secondary N) is 2. The van der Waals surface area contributed by atoms with E-state index in [1.165, 1.54) is 23.0 Å². The molecule has 0 bridgehead atoms. The Hall–Kier alpha value is -4.99. The van der Waals surface area contributed by atoms with E-state index in [4.69, 9.17) is 10.1 Å². The van der Waals surface area contributed by atoms with Gasteiger partial charge in [0.1, 0.15) is 23.5 Å². The first-order valence-electron chi connectivity index (χ1n) is 11.5. The number of allylic oxidation sites excluding steroid dienone is 1. The number of nitriles is 1. The second-order valence-corrected chi connectivity index (χ2v) is 8.44.